The van der Waals surface area contributed by atoms with Crippen molar-refractivity contribution in [2.24, 2.45) is 5.10 Å². The summed E-state index contributed by atoms with van der Waals surface area (Å²) in [5.41, 5.74) is 4.24. The molecular weight excluding hydrogens is 402 g/mol. The highest BCUT2D eigenvalue weighted by Gasteiger charge is 2.34. The first kappa shape index (κ1) is 20.0. The molecule has 0 fully saturated rings. The van der Waals surface area contributed by atoms with Gasteiger partial charge in [0, 0.05) is 23.8 Å². The topological polar surface area (TPSA) is 82.9 Å². The molecule has 7 heteroatoms. The Morgan fingerprint density at radius 2 is 1.90 bits per heavy atom. The average Bonchev–Trinajstić information content (AvgIpc) is 3.17. The molecule has 1 amide bonds. The molecule has 1 unspecified atom stereocenters. The summed E-state index contributed by atoms with van der Waals surface area (Å²) in [6, 6.07) is 17.0. The number of halogens is 1. The van der Waals surface area contributed by atoms with Crippen molar-refractivity contribution >= 4 is 40.1 Å². The number of carbonyl (C=O) groups excluding carboxylic acids is 1. The fraction of sp³-hybridized carbons (Fsp3) is 0.217. The summed E-state index contributed by atoms with van der Waals surface area (Å²) in [7, 11) is 0. The molecular formula is C23H20ClN3O3. The van der Waals surface area contributed by atoms with Gasteiger partial charge in [-0.3, -0.25) is 9.59 Å². The number of nitrogens with zero attached hydrogens (tertiary/aromatic N) is 3. The van der Waals surface area contributed by atoms with Crippen molar-refractivity contribution in [3.8, 4) is 0 Å². The second-order valence-electron chi connectivity index (χ2n) is 7.33. The first-order chi connectivity index (χ1) is 14.4. The van der Waals surface area contributed by atoms with Gasteiger partial charge in [0.15, 0.2) is 0 Å². The number of aromatic nitrogens is 1. The number of carboxylic acids is 1. The number of carbonyl (C=O) groups is 2. The third kappa shape index (κ3) is 4.04. The molecule has 1 aliphatic heterocycles. The minimum Gasteiger partial charge on any atom is -0.481 e. The monoisotopic (exact) mass is 421 g/mol. The number of pyridine rings is 1. The molecule has 30 heavy (non-hydrogen) atoms. The molecule has 0 spiro atoms. The molecule has 1 N–H and O–H groups in total. The highest BCUT2D eigenvalue weighted by Crippen LogP contribution is 2.37. The Balaban J connectivity index is 1.75. The number of fused-ring (bicyclic) bond motifs is 1. The van der Waals surface area contributed by atoms with Gasteiger partial charge >= 0.3 is 5.97 Å². The molecule has 6 nitrogen and oxygen atoms in total. The lowest BCUT2D eigenvalue weighted by molar-refractivity contribution is -0.141. The van der Waals surface area contributed by atoms with Crippen LogP contribution in [-0.4, -0.2) is 32.7 Å². The first-order valence-electron chi connectivity index (χ1n) is 9.66. The van der Waals surface area contributed by atoms with Crippen LogP contribution in [0.1, 0.15) is 42.0 Å². The third-order valence-electron chi connectivity index (χ3n) is 5.14. The van der Waals surface area contributed by atoms with Crippen molar-refractivity contribution in [2.75, 3.05) is 0 Å². The molecule has 0 saturated heterocycles. The predicted molar refractivity (Wildman–Crippen MR) is 116 cm³/mol. The van der Waals surface area contributed by atoms with Crippen LogP contribution in [0.2, 0.25) is 5.15 Å². The van der Waals surface area contributed by atoms with Gasteiger partial charge < -0.3 is 5.11 Å². The molecule has 0 bridgehead atoms. The first-order valence-corrected chi connectivity index (χ1v) is 10.0. The van der Waals surface area contributed by atoms with E-state index in [4.69, 9.17) is 16.7 Å². The summed E-state index contributed by atoms with van der Waals surface area (Å²) >= 11 is 6.52. The molecule has 152 valence electrons. The van der Waals surface area contributed by atoms with Crippen LogP contribution in [0.15, 0.2) is 59.7 Å². The Labute approximate surface area is 178 Å². The minimum atomic E-state index is -1.02. The van der Waals surface area contributed by atoms with E-state index in [-0.39, 0.29) is 18.7 Å². The van der Waals surface area contributed by atoms with Crippen LogP contribution in [0.3, 0.4) is 0 Å². The van der Waals surface area contributed by atoms with Crippen LogP contribution in [-0.2, 0) is 9.59 Å². The van der Waals surface area contributed by atoms with Crippen LogP contribution in [0.25, 0.3) is 10.9 Å². The number of carboxylic acid groups (broad SMARTS) is 1. The van der Waals surface area contributed by atoms with Gasteiger partial charge in [0.1, 0.15) is 5.15 Å². The van der Waals surface area contributed by atoms with Crippen LogP contribution in [0.4, 0.5) is 0 Å². The second kappa shape index (κ2) is 8.24. The number of benzene rings is 2. The van der Waals surface area contributed by atoms with E-state index < -0.39 is 12.0 Å². The largest absolute Gasteiger partial charge is 0.481 e. The average molecular weight is 422 g/mol. The standard InChI is InChI=1S/C23H20ClN3O3/c1-14-7-8-18-16(11-14)12-17(23(24)25-18)20-13-19(15-5-3-2-4-6-15)26-27(20)21(28)9-10-22(29)30/h2-8,11-12,20H,9-10,13H2,1H3,(H,29,30). The zero-order valence-electron chi connectivity index (χ0n) is 16.4. The van der Waals surface area contributed by atoms with E-state index in [0.717, 1.165) is 27.7 Å². The van der Waals surface area contributed by atoms with Crippen molar-refractivity contribution in [3.63, 3.8) is 0 Å². The third-order valence-corrected chi connectivity index (χ3v) is 5.44. The van der Waals surface area contributed by atoms with E-state index in [9.17, 15) is 9.59 Å². The van der Waals surface area contributed by atoms with Gasteiger partial charge in [0.25, 0.3) is 0 Å². The Morgan fingerprint density at radius 3 is 2.63 bits per heavy atom. The summed E-state index contributed by atoms with van der Waals surface area (Å²) in [6.07, 6.45) is 0.0951. The molecule has 2 heterocycles. The Bertz CT molecular complexity index is 1160. The number of aliphatic carboxylic acids is 1. The van der Waals surface area contributed by atoms with E-state index in [0.29, 0.717) is 17.1 Å². The normalized spacial score (nSPS) is 16.0. The van der Waals surface area contributed by atoms with E-state index in [2.05, 4.69) is 10.1 Å². The second-order valence-corrected chi connectivity index (χ2v) is 7.69. The Hall–Kier alpha value is -3.25. The molecule has 4 rings (SSSR count). The summed E-state index contributed by atoms with van der Waals surface area (Å²) in [5, 5.41) is 16.1. The maximum absolute atomic E-state index is 12.8. The quantitative estimate of drug-likeness (QED) is 0.603. The zero-order valence-corrected chi connectivity index (χ0v) is 17.1. The van der Waals surface area contributed by atoms with Crippen LogP contribution >= 0.6 is 11.6 Å². The predicted octanol–water partition coefficient (Wildman–Crippen LogP) is 4.74. The molecule has 3 aromatic rings. The van der Waals surface area contributed by atoms with Gasteiger partial charge in [-0.2, -0.15) is 5.10 Å². The van der Waals surface area contributed by atoms with Crippen molar-refractivity contribution < 1.29 is 14.7 Å². The number of hydrogen-bond donors (Lipinski definition) is 1. The summed E-state index contributed by atoms with van der Waals surface area (Å²) in [5.74, 6) is -1.37. The SMILES string of the molecule is Cc1ccc2nc(Cl)c(C3CC(c4ccccc4)=NN3C(=O)CCC(=O)O)cc2c1. The van der Waals surface area contributed by atoms with E-state index >= 15 is 0 Å². The van der Waals surface area contributed by atoms with E-state index in [1.54, 1.807) is 0 Å². The van der Waals surface area contributed by atoms with Crippen LogP contribution in [0.5, 0.6) is 0 Å². The van der Waals surface area contributed by atoms with E-state index in [1.807, 2.05) is 61.5 Å². The van der Waals surface area contributed by atoms with Gasteiger partial charge in [-0.25, -0.2) is 9.99 Å². The fourth-order valence-electron chi connectivity index (χ4n) is 3.64. The maximum Gasteiger partial charge on any atom is 0.303 e. The fourth-order valence-corrected chi connectivity index (χ4v) is 3.91. The van der Waals surface area contributed by atoms with Gasteiger partial charge in [-0.1, -0.05) is 53.6 Å². The summed E-state index contributed by atoms with van der Waals surface area (Å²) in [6.45, 7) is 2.00. The molecule has 1 aromatic heterocycles. The van der Waals surface area contributed by atoms with Crippen LogP contribution < -0.4 is 0 Å². The summed E-state index contributed by atoms with van der Waals surface area (Å²) in [4.78, 5) is 28.3. The van der Waals surface area contributed by atoms with Gasteiger partial charge in [-0.05, 0) is 30.7 Å². The van der Waals surface area contributed by atoms with E-state index in [1.165, 1.54) is 5.01 Å². The maximum atomic E-state index is 12.8. The Kier molecular flexibility index (Phi) is 5.50. The molecule has 0 radical (unpaired) electrons. The van der Waals surface area contributed by atoms with Gasteiger partial charge in [0.2, 0.25) is 5.91 Å². The lowest BCUT2D eigenvalue weighted by Crippen LogP contribution is -2.27. The van der Waals surface area contributed by atoms with Crippen molar-refractivity contribution in [3.05, 3.63) is 76.4 Å². The zero-order chi connectivity index (χ0) is 21.3. The molecule has 0 aliphatic carbocycles. The number of hydrogen-bond acceptors (Lipinski definition) is 4. The number of amides is 1. The molecule has 1 aliphatic rings. The number of rotatable bonds is 5. The summed E-state index contributed by atoms with van der Waals surface area (Å²) < 4.78 is 0. The highest BCUT2D eigenvalue weighted by atomic mass is 35.5. The minimum absolute atomic E-state index is 0.130. The van der Waals surface area contributed by atoms with Crippen molar-refractivity contribution in [1.82, 2.24) is 9.99 Å². The highest BCUT2D eigenvalue weighted by molar-refractivity contribution is 6.30. The molecule has 1 atom stereocenters. The smallest absolute Gasteiger partial charge is 0.303 e. The lowest BCUT2D eigenvalue weighted by atomic mass is 9.98. The molecule has 0 saturated carbocycles. The lowest BCUT2D eigenvalue weighted by Gasteiger charge is -2.23. The number of aryl methyl sites for hydroxylation is 1. The Morgan fingerprint density at radius 1 is 1.13 bits per heavy atom. The van der Waals surface area contributed by atoms with Crippen molar-refractivity contribution in [1.29, 1.82) is 0 Å². The van der Waals surface area contributed by atoms with Crippen LogP contribution in [0, 0.1) is 6.92 Å². The van der Waals surface area contributed by atoms with Gasteiger partial charge in [0.05, 0.1) is 23.7 Å². The van der Waals surface area contributed by atoms with Crippen molar-refractivity contribution in [2.45, 2.75) is 32.2 Å². The number of hydrazone groups is 1. The molecule has 2 aromatic carbocycles. The van der Waals surface area contributed by atoms with Gasteiger partial charge in [-0.15, -0.1) is 0 Å².